The molecule has 0 bridgehead atoms. The largest absolute Gasteiger partial charge is 0.337 e. The minimum atomic E-state index is 0.125. The van der Waals surface area contributed by atoms with Crippen LogP contribution in [0.5, 0.6) is 0 Å². The average molecular weight is 356 g/mol. The van der Waals surface area contributed by atoms with Crippen molar-refractivity contribution >= 4 is 17.2 Å². The standard InChI is InChI=1S/C19H24N4OS/c1-14-17(2-3-18(21-14)15-5-11-25-13-15)19(24)23-8-4-16(12-23)22-9-6-20-7-10-22/h2-3,5,11,13,16,20H,4,6-10,12H2,1H3. The van der Waals surface area contributed by atoms with Gasteiger partial charge in [0.15, 0.2) is 0 Å². The summed E-state index contributed by atoms with van der Waals surface area (Å²) in [5, 5.41) is 7.53. The number of hydrogen-bond donors (Lipinski definition) is 1. The number of carbonyl (C=O) groups is 1. The minimum absolute atomic E-state index is 0.125. The summed E-state index contributed by atoms with van der Waals surface area (Å²) in [6, 6.07) is 6.47. The summed E-state index contributed by atoms with van der Waals surface area (Å²) in [5.41, 5.74) is 3.61. The third kappa shape index (κ3) is 3.47. The highest BCUT2D eigenvalue weighted by atomic mass is 32.1. The predicted molar refractivity (Wildman–Crippen MR) is 101 cm³/mol. The van der Waals surface area contributed by atoms with Gasteiger partial charge in [-0.1, -0.05) is 0 Å². The monoisotopic (exact) mass is 356 g/mol. The van der Waals surface area contributed by atoms with Crippen molar-refractivity contribution in [2.24, 2.45) is 0 Å². The van der Waals surface area contributed by atoms with Gasteiger partial charge in [-0.05, 0) is 36.9 Å². The molecule has 4 heterocycles. The summed E-state index contributed by atoms with van der Waals surface area (Å²) in [6.07, 6.45) is 1.07. The molecule has 6 heteroatoms. The molecule has 2 aromatic heterocycles. The van der Waals surface area contributed by atoms with Crippen molar-refractivity contribution in [1.29, 1.82) is 0 Å². The van der Waals surface area contributed by atoms with Crippen LogP contribution in [0, 0.1) is 6.92 Å². The molecule has 0 aliphatic carbocycles. The SMILES string of the molecule is Cc1nc(-c2ccsc2)ccc1C(=O)N1CCC(N2CCNCC2)C1. The molecule has 0 saturated carbocycles. The van der Waals surface area contributed by atoms with Crippen LogP contribution in [0.25, 0.3) is 11.3 Å². The molecular weight excluding hydrogens is 332 g/mol. The van der Waals surface area contributed by atoms with E-state index in [1.54, 1.807) is 11.3 Å². The molecule has 2 aliphatic heterocycles. The number of thiophene rings is 1. The van der Waals surface area contributed by atoms with Crippen molar-refractivity contribution in [2.75, 3.05) is 39.3 Å². The summed E-state index contributed by atoms with van der Waals surface area (Å²) in [5.74, 6) is 0.125. The van der Waals surface area contributed by atoms with E-state index in [2.05, 4.69) is 26.6 Å². The summed E-state index contributed by atoms with van der Waals surface area (Å²) in [4.78, 5) is 22.1. The quantitative estimate of drug-likeness (QED) is 0.916. The number of likely N-dealkylation sites (tertiary alicyclic amines) is 1. The van der Waals surface area contributed by atoms with E-state index in [9.17, 15) is 4.79 Å². The number of carbonyl (C=O) groups excluding carboxylic acids is 1. The summed E-state index contributed by atoms with van der Waals surface area (Å²) < 4.78 is 0. The third-order valence-corrected chi connectivity index (χ3v) is 5.93. The van der Waals surface area contributed by atoms with E-state index in [0.29, 0.717) is 6.04 Å². The molecule has 2 fully saturated rings. The first-order valence-corrected chi connectivity index (χ1v) is 9.91. The van der Waals surface area contributed by atoms with Gasteiger partial charge >= 0.3 is 0 Å². The topological polar surface area (TPSA) is 48.5 Å². The maximum atomic E-state index is 13.0. The molecule has 0 spiro atoms. The highest BCUT2D eigenvalue weighted by Gasteiger charge is 2.31. The number of piperazine rings is 1. The van der Waals surface area contributed by atoms with Gasteiger partial charge in [0.1, 0.15) is 0 Å². The maximum absolute atomic E-state index is 13.0. The number of aryl methyl sites for hydroxylation is 1. The fraction of sp³-hybridized carbons (Fsp3) is 0.474. The zero-order chi connectivity index (χ0) is 17.2. The van der Waals surface area contributed by atoms with Crippen LogP contribution in [0.15, 0.2) is 29.0 Å². The van der Waals surface area contributed by atoms with E-state index in [-0.39, 0.29) is 5.91 Å². The number of aromatic nitrogens is 1. The number of amides is 1. The van der Waals surface area contributed by atoms with E-state index in [1.165, 1.54) is 0 Å². The molecule has 1 N–H and O–H groups in total. The van der Waals surface area contributed by atoms with Gasteiger partial charge in [-0.15, -0.1) is 0 Å². The van der Waals surface area contributed by atoms with E-state index in [4.69, 9.17) is 0 Å². The smallest absolute Gasteiger partial charge is 0.255 e. The molecule has 4 rings (SSSR count). The van der Waals surface area contributed by atoms with Crippen LogP contribution in [0.3, 0.4) is 0 Å². The first-order chi connectivity index (χ1) is 12.2. The molecule has 132 valence electrons. The Hall–Kier alpha value is -1.76. The van der Waals surface area contributed by atoms with Gasteiger partial charge in [-0.25, -0.2) is 0 Å². The molecule has 1 atom stereocenters. The Bertz CT molecular complexity index is 740. The van der Waals surface area contributed by atoms with Crippen molar-refractivity contribution in [3.05, 3.63) is 40.2 Å². The lowest BCUT2D eigenvalue weighted by molar-refractivity contribution is 0.0772. The van der Waals surface area contributed by atoms with Crippen LogP contribution < -0.4 is 5.32 Å². The Balaban J connectivity index is 1.46. The number of nitrogens with one attached hydrogen (secondary N) is 1. The molecule has 1 unspecified atom stereocenters. The fourth-order valence-electron chi connectivity index (χ4n) is 3.80. The Morgan fingerprint density at radius 3 is 2.80 bits per heavy atom. The first-order valence-electron chi connectivity index (χ1n) is 8.96. The van der Waals surface area contributed by atoms with Crippen molar-refractivity contribution in [3.8, 4) is 11.3 Å². The number of nitrogens with zero attached hydrogens (tertiary/aromatic N) is 3. The minimum Gasteiger partial charge on any atom is -0.337 e. The Labute approximate surface area is 152 Å². The molecule has 25 heavy (non-hydrogen) atoms. The number of hydrogen-bond acceptors (Lipinski definition) is 5. The summed E-state index contributed by atoms with van der Waals surface area (Å²) in [6.45, 7) is 7.90. The van der Waals surface area contributed by atoms with Gasteiger partial charge in [-0.3, -0.25) is 14.7 Å². The molecule has 2 aliphatic rings. The Morgan fingerprint density at radius 1 is 1.24 bits per heavy atom. The molecular formula is C19H24N4OS. The van der Waals surface area contributed by atoms with E-state index in [0.717, 1.165) is 68.2 Å². The van der Waals surface area contributed by atoms with Gasteiger partial charge < -0.3 is 10.2 Å². The van der Waals surface area contributed by atoms with Crippen molar-refractivity contribution in [3.63, 3.8) is 0 Å². The second-order valence-corrected chi connectivity index (χ2v) is 7.60. The van der Waals surface area contributed by atoms with Gasteiger partial charge in [0.2, 0.25) is 0 Å². The van der Waals surface area contributed by atoms with Crippen LogP contribution in [0.4, 0.5) is 0 Å². The molecule has 1 amide bonds. The molecule has 2 aromatic rings. The second-order valence-electron chi connectivity index (χ2n) is 6.82. The van der Waals surface area contributed by atoms with E-state index >= 15 is 0 Å². The number of pyridine rings is 1. The molecule has 5 nitrogen and oxygen atoms in total. The Kier molecular flexibility index (Phi) is 4.83. The van der Waals surface area contributed by atoms with Crippen LogP contribution >= 0.6 is 11.3 Å². The normalized spacial score (nSPS) is 21.6. The van der Waals surface area contributed by atoms with Gasteiger partial charge in [0.05, 0.1) is 17.0 Å². The van der Waals surface area contributed by atoms with Crippen LogP contribution in [0.2, 0.25) is 0 Å². The highest BCUT2D eigenvalue weighted by Crippen LogP contribution is 2.24. The number of rotatable bonds is 3. The first kappa shape index (κ1) is 16.7. The second kappa shape index (κ2) is 7.23. The zero-order valence-electron chi connectivity index (χ0n) is 14.6. The van der Waals surface area contributed by atoms with Crippen molar-refractivity contribution < 1.29 is 4.79 Å². The van der Waals surface area contributed by atoms with Gasteiger partial charge in [-0.2, -0.15) is 11.3 Å². The predicted octanol–water partition coefficient (Wildman–Crippen LogP) is 2.24. The fourth-order valence-corrected chi connectivity index (χ4v) is 4.45. The highest BCUT2D eigenvalue weighted by molar-refractivity contribution is 7.08. The molecule has 0 aromatic carbocycles. The summed E-state index contributed by atoms with van der Waals surface area (Å²) in [7, 11) is 0. The van der Waals surface area contributed by atoms with Crippen LogP contribution in [0.1, 0.15) is 22.5 Å². The van der Waals surface area contributed by atoms with Crippen LogP contribution in [-0.2, 0) is 0 Å². The lowest BCUT2D eigenvalue weighted by Crippen LogP contribution is -2.49. The van der Waals surface area contributed by atoms with Crippen molar-refractivity contribution in [2.45, 2.75) is 19.4 Å². The van der Waals surface area contributed by atoms with E-state index < -0.39 is 0 Å². The zero-order valence-corrected chi connectivity index (χ0v) is 15.4. The van der Waals surface area contributed by atoms with Gasteiger partial charge in [0.25, 0.3) is 5.91 Å². The van der Waals surface area contributed by atoms with Gasteiger partial charge in [0, 0.05) is 56.3 Å². The van der Waals surface area contributed by atoms with E-state index in [1.807, 2.05) is 29.3 Å². The van der Waals surface area contributed by atoms with Crippen molar-refractivity contribution in [1.82, 2.24) is 20.1 Å². The molecule has 2 saturated heterocycles. The lowest BCUT2D eigenvalue weighted by Gasteiger charge is -2.32. The summed E-state index contributed by atoms with van der Waals surface area (Å²) >= 11 is 1.66. The lowest BCUT2D eigenvalue weighted by atomic mass is 10.1. The Morgan fingerprint density at radius 2 is 2.08 bits per heavy atom. The average Bonchev–Trinajstić information content (AvgIpc) is 3.34. The molecule has 0 radical (unpaired) electrons. The van der Waals surface area contributed by atoms with Crippen LogP contribution in [-0.4, -0.2) is 66.0 Å². The maximum Gasteiger partial charge on any atom is 0.255 e. The third-order valence-electron chi connectivity index (χ3n) is 5.25.